The summed E-state index contributed by atoms with van der Waals surface area (Å²) in [7, 11) is 0. The molecule has 0 saturated heterocycles. The molecule has 3 heteroatoms. The minimum atomic E-state index is -0.124. The standard InChI is InChI=1S/C23H37BrO2/c1-15(25)26-14-11-16-6-8-18-17-7-9-20-21(24)5-4-12-23(20,3)19(17)10-13-22(16,18)2/h16-21H,4-14H2,1-3H3/t16-,17+,18+,19+,20?,21?,22-,23-/m1/s1. The van der Waals surface area contributed by atoms with Crippen molar-refractivity contribution in [3.8, 4) is 0 Å². The highest BCUT2D eigenvalue weighted by atomic mass is 79.9. The third-order valence-electron chi connectivity index (χ3n) is 9.54. The molecule has 148 valence electrons. The summed E-state index contributed by atoms with van der Waals surface area (Å²) < 4.78 is 5.29. The Morgan fingerprint density at radius 1 is 0.962 bits per heavy atom. The third-order valence-corrected chi connectivity index (χ3v) is 10.6. The Hall–Kier alpha value is -0.0500. The third kappa shape index (κ3) is 2.99. The van der Waals surface area contributed by atoms with Crippen molar-refractivity contribution in [1.82, 2.24) is 0 Å². The van der Waals surface area contributed by atoms with E-state index in [4.69, 9.17) is 4.74 Å². The largest absolute Gasteiger partial charge is 0.466 e. The van der Waals surface area contributed by atoms with E-state index >= 15 is 0 Å². The van der Waals surface area contributed by atoms with Crippen LogP contribution in [0.5, 0.6) is 0 Å². The maximum Gasteiger partial charge on any atom is 0.302 e. The summed E-state index contributed by atoms with van der Waals surface area (Å²) in [5, 5.41) is 0. The van der Waals surface area contributed by atoms with E-state index in [2.05, 4.69) is 29.8 Å². The van der Waals surface area contributed by atoms with Crippen LogP contribution in [0.1, 0.15) is 85.0 Å². The monoisotopic (exact) mass is 424 g/mol. The summed E-state index contributed by atoms with van der Waals surface area (Å²) in [5.74, 6) is 4.35. The fourth-order valence-electron chi connectivity index (χ4n) is 8.26. The van der Waals surface area contributed by atoms with Crippen LogP contribution in [0.25, 0.3) is 0 Å². The minimum Gasteiger partial charge on any atom is -0.466 e. The van der Waals surface area contributed by atoms with Gasteiger partial charge in [-0.2, -0.15) is 0 Å². The van der Waals surface area contributed by atoms with Crippen molar-refractivity contribution >= 4 is 21.9 Å². The lowest BCUT2D eigenvalue weighted by Crippen LogP contribution is -2.54. The molecule has 0 N–H and O–H groups in total. The quantitative estimate of drug-likeness (QED) is 0.388. The van der Waals surface area contributed by atoms with Crippen LogP contribution < -0.4 is 0 Å². The van der Waals surface area contributed by atoms with Crippen LogP contribution in [0.4, 0.5) is 0 Å². The van der Waals surface area contributed by atoms with E-state index in [9.17, 15) is 4.79 Å². The first-order chi connectivity index (χ1) is 12.4. The van der Waals surface area contributed by atoms with Gasteiger partial charge in [-0.1, -0.05) is 36.2 Å². The van der Waals surface area contributed by atoms with Crippen LogP contribution in [-0.4, -0.2) is 17.4 Å². The molecule has 0 aromatic heterocycles. The van der Waals surface area contributed by atoms with Crippen molar-refractivity contribution in [2.45, 2.75) is 89.8 Å². The van der Waals surface area contributed by atoms with Gasteiger partial charge in [0.15, 0.2) is 0 Å². The van der Waals surface area contributed by atoms with Crippen LogP contribution in [0.2, 0.25) is 0 Å². The summed E-state index contributed by atoms with van der Waals surface area (Å²) >= 11 is 4.06. The van der Waals surface area contributed by atoms with Crippen molar-refractivity contribution in [1.29, 1.82) is 0 Å². The number of carbonyl (C=O) groups is 1. The van der Waals surface area contributed by atoms with Crippen LogP contribution >= 0.6 is 15.9 Å². The molecule has 4 rings (SSSR count). The molecule has 4 saturated carbocycles. The summed E-state index contributed by atoms with van der Waals surface area (Å²) in [6, 6.07) is 0. The highest BCUT2D eigenvalue weighted by molar-refractivity contribution is 9.09. The Morgan fingerprint density at radius 3 is 2.46 bits per heavy atom. The summed E-state index contributed by atoms with van der Waals surface area (Å²) in [5.41, 5.74) is 1.07. The van der Waals surface area contributed by atoms with Crippen LogP contribution in [0.15, 0.2) is 0 Å². The summed E-state index contributed by atoms with van der Waals surface area (Å²) in [6.45, 7) is 7.39. The molecular formula is C23H37BrO2. The number of rotatable bonds is 3. The Bertz CT molecular complexity index is 548. The average molecular weight is 425 g/mol. The molecule has 26 heavy (non-hydrogen) atoms. The normalized spacial score (nSPS) is 50.5. The molecule has 0 amide bonds. The van der Waals surface area contributed by atoms with Gasteiger partial charge in [0.05, 0.1) is 6.61 Å². The van der Waals surface area contributed by atoms with Gasteiger partial charge in [-0.15, -0.1) is 0 Å². The highest BCUT2D eigenvalue weighted by Gasteiger charge is 2.60. The molecule has 2 nitrogen and oxygen atoms in total. The smallest absolute Gasteiger partial charge is 0.302 e. The zero-order valence-corrected chi connectivity index (χ0v) is 18.5. The van der Waals surface area contributed by atoms with Crippen molar-refractivity contribution in [3.63, 3.8) is 0 Å². The van der Waals surface area contributed by atoms with Gasteiger partial charge in [-0.3, -0.25) is 4.79 Å². The van der Waals surface area contributed by atoms with Gasteiger partial charge in [-0.05, 0) is 98.2 Å². The summed E-state index contributed by atoms with van der Waals surface area (Å²) in [4.78, 5) is 11.9. The summed E-state index contributed by atoms with van der Waals surface area (Å²) in [6.07, 6.45) is 13.9. The van der Waals surface area contributed by atoms with Crippen molar-refractivity contribution in [2.24, 2.45) is 40.4 Å². The number of hydrogen-bond acceptors (Lipinski definition) is 2. The number of ether oxygens (including phenoxy) is 1. The molecule has 4 fully saturated rings. The number of esters is 1. The Labute approximate surface area is 168 Å². The molecular weight excluding hydrogens is 388 g/mol. The van der Waals surface area contributed by atoms with Gasteiger partial charge < -0.3 is 4.74 Å². The topological polar surface area (TPSA) is 26.3 Å². The first-order valence-corrected chi connectivity index (χ1v) is 12.1. The van der Waals surface area contributed by atoms with Crippen molar-refractivity contribution < 1.29 is 9.53 Å². The number of carbonyl (C=O) groups excluding carboxylic acids is 1. The number of hydrogen-bond donors (Lipinski definition) is 0. The van der Waals surface area contributed by atoms with Gasteiger partial charge in [0.2, 0.25) is 0 Å². The Balaban J connectivity index is 1.50. The molecule has 0 heterocycles. The van der Waals surface area contributed by atoms with E-state index in [1.165, 1.54) is 64.7 Å². The molecule has 0 aliphatic heterocycles. The predicted octanol–water partition coefficient (Wildman–Crippen LogP) is 6.36. The fourth-order valence-corrected chi connectivity index (χ4v) is 9.45. The molecule has 2 unspecified atom stereocenters. The second-order valence-electron chi connectivity index (χ2n) is 10.4. The zero-order valence-electron chi connectivity index (χ0n) is 16.9. The van der Waals surface area contributed by atoms with E-state index in [0.29, 0.717) is 17.4 Å². The molecule has 0 aromatic rings. The van der Waals surface area contributed by atoms with Crippen molar-refractivity contribution in [3.05, 3.63) is 0 Å². The maximum absolute atomic E-state index is 11.1. The SMILES string of the molecule is CC(=O)OCC[C@H]1CC[C@H]2[C@@H]3CCC4C(Br)CCC[C@]4(C)[C@H]3CC[C@]12C. The highest BCUT2D eigenvalue weighted by Crippen LogP contribution is 2.68. The lowest BCUT2D eigenvalue weighted by atomic mass is 9.45. The van der Waals surface area contributed by atoms with Crippen LogP contribution in [-0.2, 0) is 9.53 Å². The van der Waals surface area contributed by atoms with Gasteiger partial charge in [0.1, 0.15) is 0 Å². The number of fused-ring (bicyclic) bond motifs is 5. The molecule has 0 aromatic carbocycles. The van der Waals surface area contributed by atoms with E-state index in [1.807, 2.05) is 0 Å². The van der Waals surface area contributed by atoms with Gasteiger partial charge >= 0.3 is 5.97 Å². The van der Waals surface area contributed by atoms with Crippen LogP contribution in [0.3, 0.4) is 0 Å². The van der Waals surface area contributed by atoms with E-state index in [1.54, 1.807) is 0 Å². The van der Waals surface area contributed by atoms with E-state index in [-0.39, 0.29) is 5.97 Å². The predicted molar refractivity (Wildman–Crippen MR) is 109 cm³/mol. The zero-order chi connectivity index (χ0) is 18.5. The lowest BCUT2D eigenvalue weighted by Gasteiger charge is -2.61. The number of alkyl halides is 1. The Morgan fingerprint density at radius 2 is 1.69 bits per heavy atom. The molecule has 4 aliphatic carbocycles. The van der Waals surface area contributed by atoms with Gasteiger partial charge in [0.25, 0.3) is 0 Å². The van der Waals surface area contributed by atoms with E-state index in [0.717, 1.165) is 40.8 Å². The van der Waals surface area contributed by atoms with Gasteiger partial charge in [-0.25, -0.2) is 0 Å². The fraction of sp³-hybridized carbons (Fsp3) is 0.957. The van der Waals surface area contributed by atoms with E-state index < -0.39 is 0 Å². The Kier molecular flexibility index (Phi) is 5.25. The first kappa shape index (κ1) is 19.3. The second kappa shape index (κ2) is 7.08. The first-order valence-electron chi connectivity index (χ1n) is 11.1. The number of halogens is 1. The molecule has 0 radical (unpaired) electrons. The molecule has 0 bridgehead atoms. The molecule has 4 aliphatic rings. The molecule has 8 atom stereocenters. The lowest BCUT2D eigenvalue weighted by molar-refractivity contribution is -0.142. The van der Waals surface area contributed by atoms with Gasteiger partial charge in [0, 0.05) is 11.8 Å². The average Bonchev–Trinajstić information content (AvgIpc) is 2.91. The van der Waals surface area contributed by atoms with Crippen LogP contribution in [0, 0.1) is 40.4 Å². The second-order valence-corrected chi connectivity index (χ2v) is 11.6. The minimum absolute atomic E-state index is 0.124. The maximum atomic E-state index is 11.1. The molecule has 0 spiro atoms. The van der Waals surface area contributed by atoms with Crippen molar-refractivity contribution in [2.75, 3.05) is 6.61 Å².